The Hall–Kier alpha value is -1.62. The van der Waals surface area contributed by atoms with Crippen LogP contribution in [0.1, 0.15) is 25.8 Å². The topological polar surface area (TPSA) is 96.3 Å². The Morgan fingerprint density at radius 3 is 2.62 bits per heavy atom. The molecule has 0 saturated carbocycles. The number of carbonyl (C=O) groups is 1. The second kappa shape index (κ2) is 7.41. The zero-order valence-electron chi connectivity index (χ0n) is 11.6. The monoisotopic (exact) mass is 330 g/mol. The van der Waals surface area contributed by atoms with Crippen LogP contribution in [0.2, 0.25) is 5.02 Å². The number of benzene rings is 1. The van der Waals surface area contributed by atoms with Gasteiger partial charge in [-0.15, -0.1) is 0 Å². The van der Waals surface area contributed by atoms with Crippen LogP contribution in [0.4, 0.5) is 0 Å². The summed E-state index contributed by atoms with van der Waals surface area (Å²) in [5.41, 5.74) is 0.155. The Labute approximate surface area is 128 Å². The smallest absolute Gasteiger partial charge is 0.264 e. The molecule has 0 aliphatic heterocycles. The summed E-state index contributed by atoms with van der Waals surface area (Å²) in [4.78, 5) is 11.7. The van der Waals surface area contributed by atoms with Gasteiger partial charge in [0.1, 0.15) is 12.2 Å². The van der Waals surface area contributed by atoms with Crippen LogP contribution >= 0.6 is 11.6 Å². The maximum Gasteiger partial charge on any atom is 0.264 e. The van der Waals surface area contributed by atoms with E-state index in [2.05, 4.69) is 0 Å². The van der Waals surface area contributed by atoms with E-state index < -0.39 is 22.0 Å². The molecule has 0 unspecified atom stereocenters. The minimum atomic E-state index is -4.05. The van der Waals surface area contributed by atoms with Crippen molar-refractivity contribution in [2.24, 2.45) is 0 Å². The van der Waals surface area contributed by atoms with E-state index in [-0.39, 0.29) is 15.5 Å². The lowest BCUT2D eigenvalue weighted by Crippen LogP contribution is -2.39. The molecule has 0 saturated heterocycles. The van der Waals surface area contributed by atoms with Crippen LogP contribution in [0, 0.1) is 11.3 Å². The van der Waals surface area contributed by atoms with E-state index in [0.29, 0.717) is 13.0 Å². The number of nitrogens with zero attached hydrogens (tertiary/aromatic N) is 1. The summed E-state index contributed by atoms with van der Waals surface area (Å²) in [6, 6.07) is 5.44. The van der Waals surface area contributed by atoms with Gasteiger partial charge in [0.25, 0.3) is 15.9 Å². The van der Waals surface area contributed by atoms with Crippen LogP contribution in [-0.2, 0) is 19.6 Å². The van der Waals surface area contributed by atoms with Crippen LogP contribution in [-0.4, -0.2) is 27.0 Å². The third-order valence-corrected chi connectivity index (χ3v) is 4.29. The Balaban J connectivity index is 2.99. The van der Waals surface area contributed by atoms with Gasteiger partial charge in [-0.3, -0.25) is 4.79 Å². The molecule has 1 atom stereocenters. The lowest BCUT2D eigenvalue weighted by Gasteiger charge is -2.15. The number of amides is 1. The molecule has 1 aromatic carbocycles. The lowest BCUT2D eigenvalue weighted by molar-refractivity contribution is -0.130. The number of hydrogen-bond donors (Lipinski definition) is 1. The van der Waals surface area contributed by atoms with Crippen LogP contribution in [0.5, 0.6) is 0 Å². The van der Waals surface area contributed by atoms with Crippen LogP contribution < -0.4 is 4.72 Å². The molecule has 6 nitrogen and oxygen atoms in total. The number of ether oxygens (including phenoxy) is 1. The number of sulfonamides is 1. The molecule has 8 heteroatoms. The minimum absolute atomic E-state index is 0.00433. The first-order valence-electron chi connectivity index (χ1n) is 6.23. The Kier molecular flexibility index (Phi) is 6.15. The third kappa shape index (κ3) is 4.43. The highest BCUT2D eigenvalue weighted by Gasteiger charge is 2.24. The van der Waals surface area contributed by atoms with Crippen molar-refractivity contribution in [3.05, 3.63) is 28.8 Å². The van der Waals surface area contributed by atoms with Crippen molar-refractivity contribution in [3.8, 4) is 6.07 Å². The van der Waals surface area contributed by atoms with Crippen LogP contribution in [0.15, 0.2) is 23.1 Å². The van der Waals surface area contributed by atoms with Gasteiger partial charge in [-0.1, -0.05) is 18.5 Å². The largest absolute Gasteiger partial charge is 0.369 e. The number of carbonyl (C=O) groups excluding carboxylic acids is 1. The molecule has 0 spiro atoms. The zero-order valence-corrected chi connectivity index (χ0v) is 13.2. The van der Waals surface area contributed by atoms with E-state index in [1.807, 2.05) is 10.8 Å². The highest BCUT2D eigenvalue weighted by Crippen LogP contribution is 2.20. The average Bonchev–Trinajstić information content (AvgIpc) is 2.43. The van der Waals surface area contributed by atoms with E-state index in [9.17, 15) is 13.2 Å². The fourth-order valence-electron chi connectivity index (χ4n) is 1.59. The van der Waals surface area contributed by atoms with Gasteiger partial charge in [0, 0.05) is 6.61 Å². The second-order valence-corrected chi connectivity index (χ2v) is 6.17. The molecule has 0 fully saturated rings. The fourth-order valence-corrected chi connectivity index (χ4v) is 2.91. The first-order valence-corrected chi connectivity index (χ1v) is 8.09. The summed E-state index contributed by atoms with van der Waals surface area (Å²) in [5.74, 6) is -0.736. The number of rotatable bonds is 6. The van der Waals surface area contributed by atoms with E-state index in [4.69, 9.17) is 21.6 Å². The summed E-state index contributed by atoms with van der Waals surface area (Å²) < 4.78 is 31.3. The van der Waals surface area contributed by atoms with Crippen LogP contribution in [0.3, 0.4) is 0 Å². The first kappa shape index (κ1) is 17.4. The van der Waals surface area contributed by atoms with Gasteiger partial charge < -0.3 is 4.74 Å². The highest BCUT2D eigenvalue weighted by molar-refractivity contribution is 7.90. The molecule has 21 heavy (non-hydrogen) atoms. The maximum absolute atomic E-state index is 12.1. The van der Waals surface area contributed by atoms with Gasteiger partial charge in [-0.25, -0.2) is 13.1 Å². The molecule has 1 rings (SSSR count). The standard InChI is InChI=1S/C13H15ClN2O4S/c1-3-12(20-4-2)13(17)16-21(18,19)10-6-5-9(8-15)11(14)7-10/h5-7,12H,3-4H2,1-2H3,(H,16,17)/t12-/m1/s1. The van der Waals surface area contributed by atoms with Gasteiger partial charge in [-0.2, -0.15) is 5.26 Å². The quantitative estimate of drug-likeness (QED) is 0.858. The van der Waals surface area contributed by atoms with Gasteiger partial charge in [0.05, 0.1) is 15.5 Å². The van der Waals surface area contributed by atoms with Crippen molar-refractivity contribution >= 4 is 27.5 Å². The summed E-state index contributed by atoms with van der Waals surface area (Å²) in [5, 5.41) is 8.76. The lowest BCUT2D eigenvalue weighted by atomic mass is 10.2. The van der Waals surface area contributed by atoms with Crippen molar-refractivity contribution in [3.63, 3.8) is 0 Å². The van der Waals surface area contributed by atoms with Gasteiger partial charge >= 0.3 is 0 Å². The predicted octanol–water partition coefficient (Wildman–Crippen LogP) is 1.83. The summed E-state index contributed by atoms with van der Waals surface area (Å²) in [6.07, 6.45) is -0.484. The minimum Gasteiger partial charge on any atom is -0.369 e. The summed E-state index contributed by atoms with van der Waals surface area (Å²) in [6.45, 7) is 3.73. The molecule has 0 aliphatic rings. The highest BCUT2D eigenvalue weighted by atomic mass is 35.5. The predicted molar refractivity (Wildman–Crippen MR) is 77.2 cm³/mol. The number of halogens is 1. The van der Waals surface area contributed by atoms with E-state index in [1.165, 1.54) is 12.1 Å². The molecule has 1 aromatic rings. The number of nitrogens with one attached hydrogen (secondary N) is 1. The van der Waals surface area contributed by atoms with E-state index in [1.54, 1.807) is 13.8 Å². The number of hydrogen-bond acceptors (Lipinski definition) is 5. The van der Waals surface area contributed by atoms with E-state index in [0.717, 1.165) is 6.07 Å². The van der Waals surface area contributed by atoms with Crippen molar-refractivity contribution < 1.29 is 17.9 Å². The summed E-state index contributed by atoms with van der Waals surface area (Å²) >= 11 is 5.79. The molecular formula is C13H15ClN2O4S. The van der Waals surface area contributed by atoms with Gasteiger partial charge in [0.15, 0.2) is 0 Å². The molecule has 0 aliphatic carbocycles. The van der Waals surface area contributed by atoms with Crippen molar-refractivity contribution in [1.29, 1.82) is 5.26 Å². The van der Waals surface area contributed by atoms with Crippen molar-refractivity contribution in [2.45, 2.75) is 31.3 Å². The maximum atomic E-state index is 12.1. The molecule has 114 valence electrons. The van der Waals surface area contributed by atoms with Crippen LogP contribution in [0.25, 0.3) is 0 Å². The van der Waals surface area contributed by atoms with E-state index >= 15 is 0 Å². The molecule has 1 amide bonds. The average molecular weight is 331 g/mol. The Morgan fingerprint density at radius 1 is 1.48 bits per heavy atom. The second-order valence-electron chi connectivity index (χ2n) is 4.08. The Bertz CT molecular complexity index is 667. The van der Waals surface area contributed by atoms with Crippen molar-refractivity contribution in [2.75, 3.05) is 6.61 Å². The molecular weight excluding hydrogens is 316 g/mol. The molecule has 0 bridgehead atoms. The van der Waals surface area contributed by atoms with Crippen molar-refractivity contribution in [1.82, 2.24) is 4.72 Å². The summed E-state index contributed by atoms with van der Waals surface area (Å²) in [7, 11) is -4.05. The SMILES string of the molecule is CCO[C@H](CC)C(=O)NS(=O)(=O)c1ccc(C#N)c(Cl)c1. The normalized spacial score (nSPS) is 12.5. The zero-order chi connectivity index (χ0) is 16.0. The molecule has 0 radical (unpaired) electrons. The molecule has 1 N–H and O–H groups in total. The van der Waals surface area contributed by atoms with Gasteiger partial charge in [-0.05, 0) is 31.5 Å². The molecule has 0 aromatic heterocycles. The molecule has 0 heterocycles. The Morgan fingerprint density at radius 2 is 2.14 bits per heavy atom. The number of nitriles is 1. The fraction of sp³-hybridized carbons (Fsp3) is 0.385. The van der Waals surface area contributed by atoms with Gasteiger partial charge in [0.2, 0.25) is 0 Å². The third-order valence-electron chi connectivity index (χ3n) is 2.64. The first-order chi connectivity index (χ1) is 9.85.